The minimum absolute atomic E-state index is 0.594. The number of carbonyl (C=O) groups excluding carboxylic acids is 1. The molecule has 84 valence electrons. The van der Waals surface area contributed by atoms with Crippen molar-refractivity contribution in [2.24, 2.45) is 10.8 Å². The molecular formula is C10H12N4O2. The number of primary amides is 1. The van der Waals surface area contributed by atoms with Crippen LogP contribution in [0.25, 0.3) is 5.57 Å². The summed E-state index contributed by atoms with van der Waals surface area (Å²) in [7, 11) is 0. The number of rotatable bonds is 4. The van der Waals surface area contributed by atoms with Gasteiger partial charge in [-0.3, -0.25) is 10.7 Å². The predicted octanol–water partition coefficient (Wildman–Crippen LogP) is 0.660. The molecule has 0 saturated heterocycles. The molecule has 0 bridgehead atoms. The van der Waals surface area contributed by atoms with Gasteiger partial charge < -0.3 is 5.73 Å². The summed E-state index contributed by atoms with van der Waals surface area (Å²) in [6, 6.07) is 8.47. The molecule has 0 saturated carbocycles. The lowest BCUT2D eigenvalue weighted by atomic mass is 10.1. The van der Waals surface area contributed by atoms with Crippen molar-refractivity contribution < 1.29 is 10.0 Å². The zero-order chi connectivity index (χ0) is 11.8. The molecular weight excluding hydrogens is 208 g/mol. The Hall–Kier alpha value is -2.34. The van der Waals surface area contributed by atoms with Crippen molar-refractivity contribution in [2.45, 2.75) is 0 Å². The van der Waals surface area contributed by atoms with E-state index in [0.29, 0.717) is 5.57 Å². The molecule has 2 amide bonds. The molecule has 6 nitrogen and oxygen atoms in total. The molecule has 1 rings (SSSR count). The van der Waals surface area contributed by atoms with Gasteiger partial charge in [-0.2, -0.15) is 5.10 Å². The number of urea groups is 1. The smallest absolute Gasteiger partial charge is 0.332 e. The number of nitrogens with one attached hydrogen (secondary N) is 2. The third kappa shape index (κ3) is 3.81. The minimum Gasteiger partial charge on any atom is -0.350 e. The molecule has 0 radical (unpaired) electrons. The summed E-state index contributed by atoms with van der Waals surface area (Å²) in [5, 5.41) is 12.2. The highest BCUT2D eigenvalue weighted by atomic mass is 16.5. The van der Waals surface area contributed by atoms with E-state index < -0.39 is 6.03 Å². The summed E-state index contributed by atoms with van der Waals surface area (Å²) in [6.07, 6.45) is 2.70. The molecule has 0 fully saturated rings. The molecule has 1 aromatic rings. The number of benzene rings is 1. The van der Waals surface area contributed by atoms with E-state index in [1.54, 1.807) is 0 Å². The highest BCUT2D eigenvalue weighted by Crippen LogP contribution is 2.10. The van der Waals surface area contributed by atoms with Crippen LogP contribution in [0.4, 0.5) is 4.79 Å². The first-order chi connectivity index (χ1) is 7.74. The highest BCUT2D eigenvalue weighted by Gasteiger charge is 1.97. The Balaban J connectivity index is 2.81. The van der Waals surface area contributed by atoms with Gasteiger partial charge in [-0.15, -0.1) is 0 Å². The van der Waals surface area contributed by atoms with E-state index in [-0.39, 0.29) is 0 Å². The summed E-state index contributed by atoms with van der Waals surface area (Å²) in [5.41, 5.74) is 10.2. The fourth-order valence-corrected chi connectivity index (χ4v) is 1.06. The monoisotopic (exact) mass is 220 g/mol. The number of allylic oxidation sites excluding steroid dienone is 1. The van der Waals surface area contributed by atoms with Crippen molar-refractivity contribution in [1.29, 1.82) is 0 Å². The summed E-state index contributed by atoms with van der Waals surface area (Å²) < 4.78 is 0. The number of nitrogens with zero attached hydrogens (tertiary/aromatic N) is 1. The minimum atomic E-state index is -0.749. The van der Waals surface area contributed by atoms with Gasteiger partial charge in [0.15, 0.2) is 0 Å². The lowest BCUT2D eigenvalue weighted by Crippen LogP contribution is -2.24. The Bertz CT molecular complexity index is 401. The van der Waals surface area contributed by atoms with Gasteiger partial charge >= 0.3 is 6.03 Å². The van der Waals surface area contributed by atoms with Crippen LogP contribution in [0.15, 0.2) is 41.6 Å². The first kappa shape index (κ1) is 11.7. The second-order valence-corrected chi connectivity index (χ2v) is 2.83. The van der Waals surface area contributed by atoms with Crippen molar-refractivity contribution in [3.8, 4) is 0 Å². The van der Waals surface area contributed by atoms with Crippen LogP contribution in [0.1, 0.15) is 5.56 Å². The third-order valence-corrected chi connectivity index (χ3v) is 1.71. The lowest BCUT2D eigenvalue weighted by molar-refractivity contribution is 0.215. The number of hydrazone groups is 1. The molecule has 0 aliphatic rings. The summed E-state index contributed by atoms with van der Waals surface area (Å²) in [5.74, 6) is 0. The number of carbonyl (C=O) groups is 1. The maximum Gasteiger partial charge on any atom is 0.332 e. The van der Waals surface area contributed by atoms with Crippen molar-refractivity contribution >= 4 is 17.8 Å². The number of hydroxylamine groups is 1. The van der Waals surface area contributed by atoms with Crippen LogP contribution >= 0.6 is 0 Å². The normalized spacial score (nSPS) is 11.4. The second kappa shape index (κ2) is 6.20. The van der Waals surface area contributed by atoms with Crippen molar-refractivity contribution in [1.82, 2.24) is 10.9 Å². The van der Waals surface area contributed by atoms with Crippen LogP contribution in [0, 0.1) is 0 Å². The van der Waals surface area contributed by atoms with Crippen LogP contribution < -0.4 is 16.6 Å². The van der Waals surface area contributed by atoms with Gasteiger partial charge in [-0.1, -0.05) is 30.3 Å². The summed E-state index contributed by atoms with van der Waals surface area (Å²) in [6.45, 7) is 0. The van der Waals surface area contributed by atoms with E-state index in [0.717, 1.165) is 5.56 Å². The molecule has 16 heavy (non-hydrogen) atoms. The quantitative estimate of drug-likeness (QED) is 0.443. The van der Waals surface area contributed by atoms with Crippen molar-refractivity contribution in [2.75, 3.05) is 0 Å². The lowest BCUT2D eigenvalue weighted by Gasteiger charge is -2.01. The van der Waals surface area contributed by atoms with Crippen LogP contribution in [0.5, 0.6) is 0 Å². The van der Waals surface area contributed by atoms with Gasteiger partial charge in [0.25, 0.3) is 0 Å². The first-order valence-electron chi connectivity index (χ1n) is 4.47. The Morgan fingerprint density at radius 1 is 1.38 bits per heavy atom. The van der Waals surface area contributed by atoms with E-state index in [9.17, 15) is 4.79 Å². The topological polar surface area (TPSA) is 99.7 Å². The van der Waals surface area contributed by atoms with Gasteiger partial charge in [0.1, 0.15) is 0 Å². The zero-order valence-corrected chi connectivity index (χ0v) is 8.42. The maximum absolute atomic E-state index is 10.4. The average Bonchev–Trinajstić information content (AvgIpc) is 2.29. The van der Waals surface area contributed by atoms with Gasteiger partial charge in [0.2, 0.25) is 0 Å². The number of hydrogen-bond acceptors (Lipinski definition) is 4. The summed E-state index contributed by atoms with van der Waals surface area (Å²) >= 11 is 0. The van der Waals surface area contributed by atoms with Crippen molar-refractivity contribution in [3.63, 3.8) is 0 Å². The Labute approximate surface area is 92.4 Å². The van der Waals surface area contributed by atoms with E-state index in [1.807, 2.05) is 35.8 Å². The number of hydrogen-bond donors (Lipinski definition) is 4. The molecule has 0 atom stereocenters. The van der Waals surface area contributed by atoms with Crippen LogP contribution in [-0.2, 0) is 0 Å². The molecule has 0 spiro atoms. The maximum atomic E-state index is 10.4. The number of amides is 2. The van der Waals surface area contributed by atoms with E-state index in [1.165, 1.54) is 12.4 Å². The van der Waals surface area contributed by atoms with Gasteiger partial charge in [-0.25, -0.2) is 10.2 Å². The SMILES string of the molecule is NC(=O)N/N=C/C(=C\NO)c1ccccc1. The van der Waals surface area contributed by atoms with Crippen LogP contribution in [0.3, 0.4) is 0 Å². The summed E-state index contributed by atoms with van der Waals surface area (Å²) in [4.78, 5) is 10.4. The van der Waals surface area contributed by atoms with E-state index >= 15 is 0 Å². The molecule has 0 unspecified atom stereocenters. The molecule has 0 aliphatic heterocycles. The van der Waals surface area contributed by atoms with Crippen molar-refractivity contribution in [3.05, 3.63) is 42.1 Å². The highest BCUT2D eigenvalue weighted by molar-refractivity contribution is 6.09. The molecule has 0 aliphatic carbocycles. The van der Waals surface area contributed by atoms with Gasteiger partial charge in [-0.05, 0) is 5.56 Å². The zero-order valence-electron chi connectivity index (χ0n) is 8.42. The molecule has 0 heterocycles. The second-order valence-electron chi connectivity index (χ2n) is 2.83. The molecule has 5 N–H and O–H groups in total. The fraction of sp³-hybridized carbons (Fsp3) is 0. The number of nitrogens with two attached hydrogens (primary N) is 1. The van der Waals surface area contributed by atoms with E-state index in [2.05, 4.69) is 10.5 Å². The third-order valence-electron chi connectivity index (χ3n) is 1.71. The predicted molar refractivity (Wildman–Crippen MR) is 60.6 cm³/mol. The fourth-order valence-electron chi connectivity index (χ4n) is 1.06. The first-order valence-corrected chi connectivity index (χ1v) is 4.47. The van der Waals surface area contributed by atoms with E-state index in [4.69, 9.17) is 10.9 Å². The molecule has 1 aromatic carbocycles. The van der Waals surface area contributed by atoms with Crippen LogP contribution in [-0.4, -0.2) is 17.5 Å². The van der Waals surface area contributed by atoms with Gasteiger partial charge in [0, 0.05) is 11.8 Å². The Morgan fingerprint density at radius 3 is 2.62 bits per heavy atom. The molecule has 0 aromatic heterocycles. The van der Waals surface area contributed by atoms with Gasteiger partial charge in [0.05, 0.1) is 6.21 Å². The van der Waals surface area contributed by atoms with Crippen LogP contribution in [0.2, 0.25) is 0 Å². The Kier molecular flexibility index (Phi) is 4.55. The molecule has 6 heteroatoms. The average molecular weight is 220 g/mol. The Morgan fingerprint density at radius 2 is 2.06 bits per heavy atom. The largest absolute Gasteiger partial charge is 0.350 e. The standard InChI is InChI=1S/C10H12N4O2/c11-10(15)14-12-6-9(7-13-16)8-4-2-1-3-5-8/h1-7,13,16H,(H3,11,14,15)/b9-7+,12-6+.